The van der Waals surface area contributed by atoms with E-state index in [0.29, 0.717) is 32.0 Å². The average Bonchev–Trinajstić information content (AvgIpc) is 3.26. The monoisotopic (exact) mass is 342 g/mol. The van der Waals surface area contributed by atoms with Gasteiger partial charge in [0.2, 0.25) is 15.9 Å². The maximum Gasteiger partial charge on any atom is 0.225 e. The smallest absolute Gasteiger partial charge is 0.225 e. The van der Waals surface area contributed by atoms with Gasteiger partial charge >= 0.3 is 0 Å². The number of amides is 1. The first-order valence-electron chi connectivity index (χ1n) is 7.84. The molecule has 122 valence electrons. The molecule has 0 aromatic carbocycles. The van der Waals surface area contributed by atoms with Gasteiger partial charge in [0.25, 0.3) is 0 Å². The quantitative estimate of drug-likeness (QED) is 0.854. The number of hydrogen-bond donors (Lipinski definition) is 1. The van der Waals surface area contributed by atoms with E-state index in [4.69, 9.17) is 0 Å². The van der Waals surface area contributed by atoms with Crippen molar-refractivity contribution in [2.24, 2.45) is 5.92 Å². The molecule has 1 N–H and O–H groups in total. The van der Waals surface area contributed by atoms with Gasteiger partial charge in [-0.3, -0.25) is 4.79 Å². The molecule has 0 spiro atoms. The molecule has 1 amide bonds. The topological polar surface area (TPSA) is 66.5 Å². The Hall–Kier alpha value is -0.920. The second kappa shape index (κ2) is 6.68. The third kappa shape index (κ3) is 3.88. The summed E-state index contributed by atoms with van der Waals surface area (Å²) in [5, 5.41) is 4.83. The highest BCUT2D eigenvalue weighted by molar-refractivity contribution is 7.90. The molecule has 2 fully saturated rings. The van der Waals surface area contributed by atoms with E-state index in [2.05, 4.69) is 5.32 Å². The summed E-state index contributed by atoms with van der Waals surface area (Å²) in [5.41, 5.74) is 0. The molecule has 1 aromatic rings. The number of piperidine rings is 1. The van der Waals surface area contributed by atoms with Crippen molar-refractivity contribution in [1.29, 1.82) is 0 Å². The van der Waals surface area contributed by atoms with Crippen molar-refractivity contribution in [2.45, 2.75) is 37.4 Å². The molecule has 2 aliphatic rings. The molecule has 1 saturated heterocycles. The Morgan fingerprint density at radius 1 is 1.27 bits per heavy atom. The average molecular weight is 342 g/mol. The maximum atomic E-state index is 12.2. The molecule has 3 rings (SSSR count). The summed E-state index contributed by atoms with van der Waals surface area (Å²) in [7, 11) is -3.03. The second-order valence-electron chi connectivity index (χ2n) is 6.15. The van der Waals surface area contributed by atoms with Gasteiger partial charge in [0.05, 0.1) is 11.7 Å². The second-order valence-corrected chi connectivity index (χ2v) is 9.39. The number of nitrogens with one attached hydrogen (secondary N) is 1. The van der Waals surface area contributed by atoms with Crippen molar-refractivity contribution in [3.8, 4) is 0 Å². The third-order valence-corrected chi connectivity index (χ3v) is 7.66. The van der Waals surface area contributed by atoms with Crippen LogP contribution in [-0.2, 0) is 21.2 Å². The van der Waals surface area contributed by atoms with Crippen LogP contribution in [0.15, 0.2) is 17.5 Å². The van der Waals surface area contributed by atoms with Crippen LogP contribution in [0, 0.1) is 5.92 Å². The standard InChI is InChI=1S/C15H22N2O3S2/c18-15(10-13-2-1-9-21-13)16-11-12-5-7-17(8-6-12)22(19,20)14-3-4-14/h1-2,9,12,14H,3-8,10-11H2,(H,16,18). The summed E-state index contributed by atoms with van der Waals surface area (Å²) in [4.78, 5) is 12.9. The highest BCUT2D eigenvalue weighted by Gasteiger charge is 2.41. The van der Waals surface area contributed by atoms with Crippen LogP contribution in [0.5, 0.6) is 0 Å². The number of sulfonamides is 1. The Labute approximate surface area is 135 Å². The van der Waals surface area contributed by atoms with Crippen LogP contribution in [0.1, 0.15) is 30.6 Å². The largest absolute Gasteiger partial charge is 0.356 e. The van der Waals surface area contributed by atoms with Gasteiger partial charge in [-0.05, 0) is 43.0 Å². The minimum absolute atomic E-state index is 0.0514. The number of nitrogens with zero attached hydrogens (tertiary/aromatic N) is 1. The van der Waals surface area contributed by atoms with E-state index >= 15 is 0 Å². The molecule has 2 heterocycles. The minimum Gasteiger partial charge on any atom is -0.356 e. The van der Waals surface area contributed by atoms with Gasteiger partial charge in [0.1, 0.15) is 0 Å². The van der Waals surface area contributed by atoms with Gasteiger partial charge in [-0.1, -0.05) is 6.07 Å². The van der Waals surface area contributed by atoms with Crippen molar-refractivity contribution < 1.29 is 13.2 Å². The fraction of sp³-hybridized carbons (Fsp3) is 0.667. The van der Waals surface area contributed by atoms with Crippen LogP contribution in [-0.4, -0.2) is 43.5 Å². The molecular weight excluding hydrogens is 320 g/mol. The first-order chi connectivity index (χ1) is 10.6. The van der Waals surface area contributed by atoms with Crippen molar-refractivity contribution in [2.75, 3.05) is 19.6 Å². The molecule has 7 heteroatoms. The van der Waals surface area contributed by atoms with Gasteiger partial charge in [0, 0.05) is 24.5 Å². The SMILES string of the molecule is O=C(Cc1cccs1)NCC1CCN(S(=O)(=O)C2CC2)CC1. The molecule has 1 aliphatic heterocycles. The van der Waals surface area contributed by atoms with Crippen molar-refractivity contribution >= 4 is 27.3 Å². The summed E-state index contributed by atoms with van der Waals surface area (Å²) in [5.74, 6) is 0.438. The molecule has 5 nitrogen and oxygen atoms in total. The maximum absolute atomic E-state index is 12.2. The predicted octanol–water partition coefficient (Wildman–Crippen LogP) is 1.61. The van der Waals surface area contributed by atoms with Gasteiger partial charge in [0.15, 0.2) is 0 Å². The van der Waals surface area contributed by atoms with Gasteiger partial charge in [-0.15, -0.1) is 11.3 Å². The zero-order valence-corrected chi connectivity index (χ0v) is 14.2. The van der Waals surface area contributed by atoms with E-state index in [9.17, 15) is 13.2 Å². The van der Waals surface area contributed by atoms with Crippen LogP contribution in [0.3, 0.4) is 0 Å². The molecule has 0 unspecified atom stereocenters. The molecule has 1 aromatic heterocycles. The van der Waals surface area contributed by atoms with Crippen LogP contribution in [0.4, 0.5) is 0 Å². The zero-order valence-electron chi connectivity index (χ0n) is 12.5. The Balaban J connectivity index is 1.39. The van der Waals surface area contributed by atoms with Gasteiger partial charge < -0.3 is 5.32 Å². The molecule has 1 aliphatic carbocycles. The van der Waals surface area contributed by atoms with E-state index < -0.39 is 10.0 Å². The summed E-state index contributed by atoms with van der Waals surface area (Å²) >= 11 is 1.59. The number of carbonyl (C=O) groups is 1. The van der Waals surface area contributed by atoms with Crippen molar-refractivity contribution in [1.82, 2.24) is 9.62 Å². The van der Waals surface area contributed by atoms with Crippen LogP contribution in [0.2, 0.25) is 0 Å². The number of rotatable bonds is 6. The van der Waals surface area contributed by atoms with Crippen LogP contribution in [0.25, 0.3) is 0 Å². The Morgan fingerprint density at radius 3 is 2.59 bits per heavy atom. The predicted molar refractivity (Wildman–Crippen MR) is 87.3 cm³/mol. The molecule has 0 bridgehead atoms. The lowest BCUT2D eigenvalue weighted by atomic mass is 9.98. The third-order valence-electron chi connectivity index (χ3n) is 4.38. The summed E-state index contributed by atoms with van der Waals surface area (Å²) in [6, 6.07) is 3.91. The Morgan fingerprint density at radius 2 is 2.00 bits per heavy atom. The lowest BCUT2D eigenvalue weighted by molar-refractivity contribution is -0.120. The fourth-order valence-corrected chi connectivity index (χ4v) is 5.41. The van der Waals surface area contributed by atoms with Crippen molar-refractivity contribution in [3.05, 3.63) is 22.4 Å². The first kappa shape index (κ1) is 16.0. The van der Waals surface area contributed by atoms with Gasteiger partial charge in [-0.25, -0.2) is 12.7 Å². The van der Waals surface area contributed by atoms with E-state index in [1.165, 1.54) is 0 Å². The zero-order chi connectivity index (χ0) is 15.6. The van der Waals surface area contributed by atoms with E-state index in [-0.39, 0.29) is 11.2 Å². The van der Waals surface area contributed by atoms with Crippen LogP contribution < -0.4 is 5.32 Å². The highest BCUT2D eigenvalue weighted by atomic mass is 32.2. The van der Waals surface area contributed by atoms with Gasteiger partial charge in [-0.2, -0.15) is 0 Å². The highest BCUT2D eigenvalue weighted by Crippen LogP contribution is 2.33. The summed E-state index contributed by atoms with van der Waals surface area (Å²) < 4.78 is 26.0. The molecule has 0 atom stereocenters. The molecule has 1 saturated carbocycles. The number of carbonyl (C=O) groups excluding carboxylic acids is 1. The van der Waals surface area contributed by atoms with E-state index in [0.717, 1.165) is 30.6 Å². The van der Waals surface area contributed by atoms with E-state index in [1.54, 1.807) is 15.6 Å². The number of hydrogen-bond acceptors (Lipinski definition) is 4. The van der Waals surface area contributed by atoms with E-state index in [1.807, 2.05) is 17.5 Å². The summed E-state index contributed by atoms with van der Waals surface area (Å²) in [6.07, 6.45) is 3.76. The minimum atomic E-state index is -3.03. The molecule has 0 radical (unpaired) electrons. The number of thiophene rings is 1. The molecular formula is C15H22N2O3S2. The normalized spacial score (nSPS) is 20.9. The fourth-order valence-electron chi connectivity index (χ4n) is 2.84. The van der Waals surface area contributed by atoms with Crippen LogP contribution >= 0.6 is 11.3 Å². The Kier molecular flexibility index (Phi) is 4.84. The molecule has 22 heavy (non-hydrogen) atoms. The van der Waals surface area contributed by atoms with Crippen molar-refractivity contribution in [3.63, 3.8) is 0 Å². The first-order valence-corrected chi connectivity index (χ1v) is 10.2. The lowest BCUT2D eigenvalue weighted by Gasteiger charge is -2.31. The lowest BCUT2D eigenvalue weighted by Crippen LogP contribution is -2.42. The Bertz CT molecular complexity index is 601. The summed E-state index contributed by atoms with van der Waals surface area (Å²) in [6.45, 7) is 1.86.